The van der Waals surface area contributed by atoms with Crippen molar-refractivity contribution in [2.45, 2.75) is 38.9 Å². The fraction of sp³-hybridized carbons (Fsp3) is 0.929. The summed E-state index contributed by atoms with van der Waals surface area (Å²) < 4.78 is 5.67. The van der Waals surface area contributed by atoms with Gasteiger partial charge in [0, 0.05) is 49.9 Å². The number of hydrogen-bond acceptors (Lipinski definition) is 3. The summed E-state index contributed by atoms with van der Waals surface area (Å²) in [5, 5.41) is 3.41. The van der Waals surface area contributed by atoms with Crippen LogP contribution in [0.5, 0.6) is 0 Å². The van der Waals surface area contributed by atoms with Crippen molar-refractivity contribution in [1.29, 1.82) is 0 Å². The Morgan fingerprint density at radius 3 is 2.84 bits per heavy atom. The van der Waals surface area contributed by atoms with Crippen molar-refractivity contribution >= 4 is 17.7 Å². The molecule has 4 nitrogen and oxygen atoms in total. The number of guanidine groups is 1. The van der Waals surface area contributed by atoms with Gasteiger partial charge in [0.15, 0.2) is 5.96 Å². The second-order valence-electron chi connectivity index (χ2n) is 5.32. The molecule has 1 aliphatic rings. The fourth-order valence-electron chi connectivity index (χ4n) is 2.12. The van der Waals surface area contributed by atoms with E-state index in [1.54, 1.807) is 0 Å². The van der Waals surface area contributed by atoms with Crippen LogP contribution in [0, 0.1) is 0 Å². The van der Waals surface area contributed by atoms with E-state index in [2.05, 4.69) is 42.7 Å². The van der Waals surface area contributed by atoms with Gasteiger partial charge in [0.05, 0.1) is 0 Å². The molecule has 1 heterocycles. The molecule has 0 atom stereocenters. The van der Waals surface area contributed by atoms with Gasteiger partial charge in [-0.15, -0.1) is 0 Å². The number of nitrogens with one attached hydrogen (secondary N) is 1. The SMILES string of the molecule is CCNC(=NCCCOCC)N1CCSC(C)(C)C1. The van der Waals surface area contributed by atoms with Crippen LogP contribution < -0.4 is 5.32 Å². The number of thioether (sulfide) groups is 1. The van der Waals surface area contributed by atoms with Gasteiger partial charge in [0.1, 0.15) is 0 Å². The molecule has 0 radical (unpaired) electrons. The second-order valence-corrected chi connectivity index (χ2v) is 7.12. The first-order valence-corrected chi connectivity index (χ1v) is 8.32. The molecule has 0 aromatic carbocycles. The van der Waals surface area contributed by atoms with Crippen LogP contribution in [-0.2, 0) is 4.74 Å². The van der Waals surface area contributed by atoms with Crippen molar-refractivity contribution in [3.63, 3.8) is 0 Å². The van der Waals surface area contributed by atoms with E-state index in [-0.39, 0.29) is 0 Å². The van der Waals surface area contributed by atoms with Gasteiger partial charge in [0.25, 0.3) is 0 Å². The largest absolute Gasteiger partial charge is 0.382 e. The molecular weight excluding hydrogens is 258 g/mol. The zero-order valence-corrected chi connectivity index (χ0v) is 13.7. The molecule has 1 saturated heterocycles. The molecular formula is C14H29N3OS. The maximum atomic E-state index is 5.35. The average molecular weight is 287 g/mol. The molecule has 1 N–H and O–H groups in total. The van der Waals surface area contributed by atoms with Crippen LogP contribution in [-0.4, -0.2) is 60.8 Å². The third-order valence-electron chi connectivity index (χ3n) is 2.97. The Labute approximate surface area is 122 Å². The third kappa shape index (κ3) is 6.52. The quantitative estimate of drug-likeness (QED) is 0.462. The molecule has 112 valence electrons. The first-order chi connectivity index (χ1) is 9.09. The first kappa shape index (κ1) is 16.6. The molecule has 19 heavy (non-hydrogen) atoms. The van der Waals surface area contributed by atoms with Crippen molar-refractivity contribution in [1.82, 2.24) is 10.2 Å². The summed E-state index contributed by atoms with van der Waals surface area (Å²) in [6.07, 6.45) is 0.995. The van der Waals surface area contributed by atoms with Gasteiger partial charge >= 0.3 is 0 Å². The minimum Gasteiger partial charge on any atom is -0.382 e. The van der Waals surface area contributed by atoms with E-state index in [1.807, 2.05) is 6.92 Å². The molecule has 1 fully saturated rings. The summed E-state index contributed by atoms with van der Waals surface area (Å²) >= 11 is 2.05. The standard InChI is InChI=1S/C14H29N3OS/c1-5-15-13(16-8-7-10-18-6-2)17-9-11-19-14(3,4)12-17/h5-12H2,1-4H3,(H,15,16). The minimum absolute atomic E-state index is 0.319. The molecule has 0 bridgehead atoms. The van der Waals surface area contributed by atoms with Gasteiger partial charge in [-0.05, 0) is 34.1 Å². The van der Waals surface area contributed by atoms with Crippen molar-refractivity contribution in [3.05, 3.63) is 0 Å². The van der Waals surface area contributed by atoms with Gasteiger partial charge in [-0.1, -0.05) is 0 Å². The first-order valence-electron chi connectivity index (χ1n) is 7.34. The Balaban J connectivity index is 2.48. The van der Waals surface area contributed by atoms with Crippen LogP contribution in [0.4, 0.5) is 0 Å². The van der Waals surface area contributed by atoms with Crippen LogP contribution in [0.2, 0.25) is 0 Å². The third-order valence-corrected chi connectivity index (χ3v) is 4.27. The molecule has 1 aliphatic heterocycles. The Hall–Kier alpha value is -0.420. The summed E-state index contributed by atoms with van der Waals surface area (Å²) in [6.45, 7) is 14.3. The van der Waals surface area contributed by atoms with Gasteiger partial charge in [0.2, 0.25) is 0 Å². The molecule has 0 aromatic heterocycles. The molecule has 5 heteroatoms. The number of nitrogens with zero attached hydrogens (tertiary/aromatic N) is 2. The van der Waals surface area contributed by atoms with Crippen molar-refractivity contribution in [3.8, 4) is 0 Å². The Kier molecular flexibility index (Phi) is 7.61. The van der Waals surface area contributed by atoms with Crippen LogP contribution in [0.1, 0.15) is 34.1 Å². The molecule has 0 spiro atoms. The minimum atomic E-state index is 0.319. The molecule has 0 unspecified atom stereocenters. The zero-order valence-electron chi connectivity index (χ0n) is 12.9. The van der Waals surface area contributed by atoms with E-state index >= 15 is 0 Å². The number of rotatable bonds is 6. The van der Waals surface area contributed by atoms with E-state index in [0.717, 1.165) is 51.8 Å². The van der Waals surface area contributed by atoms with Crippen LogP contribution in [0.3, 0.4) is 0 Å². The topological polar surface area (TPSA) is 36.9 Å². The van der Waals surface area contributed by atoms with E-state index in [4.69, 9.17) is 9.73 Å². The lowest BCUT2D eigenvalue weighted by Gasteiger charge is -2.39. The highest BCUT2D eigenvalue weighted by Gasteiger charge is 2.28. The maximum Gasteiger partial charge on any atom is 0.193 e. The molecule has 0 aromatic rings. The maximum absolute atomic E-state index is 5.35. The van der Waals surface area contributed by atoms with Crippen LogP contribution >= 0.6 is 11.8 Å². The summed E-state index contributed by atoms with van der Waals surface area (Å²) in [5.74, 6) is 2.24. The molecule has 0 amide bonds. The van der Waals surface area contributed by atoms with Gasteiger partial charge in [-0.3, -0.25) is 4.99 Å². The van der Waals surface area contributed by atoms with Gasteiger partial charge < -0.3 is 15.0 Å². The van der Waals surface area contributed by atoms with Gasteiger partial charge in [-0.2, -0.15) is 11.8 Å². The highest BCUT2D eigenvalue weighted by Crippen LogP contribution is 2.29. The fourth-order valence-corrected chi connectivity index (χ4v) is 3.23. The summed E-state index contributed by atoms with van der Waals surface area (Å²) in [7, 11) is 0. The summed E-state index contributed by atoms with van der Waals surface area (Å²) in [5.41, 5.74) is 0. The van der Waals surface area contributed by atoms with Crippen molar-refractivity contribution < 1.29 is 4.74 Å². The monoisotopic (exact) mass is 287 g/mol. The number of ether oxygens (including phenoxy) is 1. The smallest absolute Gasteiger partial charge is 0.193 e. The predicted octanol–water partition coefficient (Wildman–Crippen LogP) is 2.21. The molecule has 1 rings (SSSR count). The summed E-state index contributed by atoms with van der Waals surface area (Å²) in [6, 6.07) is 0. The van der Waals surface area contributed by atoms with E-state index < -0.39 is 0 Å². The highest BCUT2D eigenvalue weighted by molar-refractivity contribution is 8.00. The average Bonchev–Trinajstić information content (AvgIpc) is 2.36. The lowest BCUT2D eigenvalue weighted by Crippen LogP contribution is -2.51. The number of aliphatic imine (C=N–C) groups is 1. The predicted molar refractivity (Wildman–Crippen MR) is 85.2 cm³/mol. The lowest BCUT2D eigenvalue weighted by molar-refractivity contribution is 0.146. The Morgan fingerprint density at radius 1 is 1.42 bits per heavy atom. The van der Waals surface area contributed by atoms with E-state index in [1.165, 1.54) is 5.75 Å². The second kappa shape index (κ2) is 8.69. The number of hydrogen-bond donors (Lipinski definition) is 1. The van der Waals surface area contributed by atoms with Gasteiger partial charge in [-0.25, -0.2) is 0 Å². The summed E-state index contributed by atoms with van der Waals surface area (Å²) in [4.78, 5) is 7.11. The Bertz CT molecular complexity index is 282. The lowest BCUT2D eigenvalue weighted by atomic mass is 10.2. The molecule has 0 aliphatic carbocycles. The van der Waals surface area contributed by atoms with Crippen molar-refractivity contribution in [2.24, 2.45) is 4.99 Å². The van der Waals surface area contributed by atoms with Crippen LogP contribution in [0.15, 0.2) is 4.99 Å². The van der Waals surface area contributed by atoms with E-state index in [9.17, 15) is 0 Å². The van der Waals surface area contributed by atoms with Crippen LogP contribution in [0.25, 0.3) is 0 Å². The highest BCUT2D eigenvalue weighted by atomic mass is 32.2. The zero-order chi connectivity index (χ0) is 14.1. The Morgan fingerprint density at radius 2 is 2.21 bits per heavy atom. The van der Waals surface area contributed by atoms with E-state index in [0.29, 0.717) is 4.75 Å². The normalized spacial score (nSPS) is 19.6. The molecule has 0 saturated carbocycles. The van der Waals surface area contributed by atoms with Crippen molar-refractivity contribution in [2.75, 3.05) is 45.1 Å².